The summed E-state index contributed by atoms with van der Waals surface area (Å²) in [4.78, 5) is 0. The van der Waals surface area contributed by atoms with Crippen LogP contribution in [0.2, 0.25) is 0 Å². The van der Waals surface area contributed by atoms with Crippen molar-refractivity contribution in [2.75, 3.05) is 6.54 Å². The van der Waals surface area contributed by atoms with Gasteiger partial charge in [0.25, 0.3) is 0 Å². The van der Waals surface area contributed by atoms with Gasteiger partial charge in [-0.05, 0) is 37.4 Å². The van der Waals surface area contributed by atoms with Crippen LogP contribution in [0.25, 0.3) is 0 Å². The molecule has 2 heteroatoms. The van der Waals surface area contributed by atoms with Crippen LogP contribution in [0.3, 0.4) is 0 Å². The van der Waals surface area contributed by atoms with Crippen LogP contribution in [0, 0.1) is 5.92 Å². The van der Waals surface area contributed by atoms with Gasteiger partial charge in [-0.15, -0.1) is 0 Å². The van der Waals surface area contributed by atoms with Crippen molar-refractivity contribution in [2.24, 2.45) is 5.92 Å². The second-order valence-corrected chi connectivity index (χ2v) is 4.60. The molecular formula is C13H22N2. The lowest BCUT2D eigenvalue weighted by Gasteiger charge is -2.08. The third kappa shape index (κ3) is 3.38. The Balaban J connectivity index is 1.68. The largest absolute Gasteiger partial charge is 0.350 e. The van der Waals surface area contributed by atoms with E-state index >= 15 is 0 Å². The fourth-order valence-electron chi connectivity index (χ4n) is 2.00. The van der Waals surface area contributed by atoms with Crippen molar-refractivity contribution in [3.05, 3.63) is 24.0 Å². The Kier molecular flexibility index (Phi) is 3.84. The highest BCUT2D eigenvalue weighted by Gasteiger charge is 2.19. The molecule has 0 bridgehead atoms. The molecule has 0 atom stereocenters. The molecule has 0 amide bonds. The Labute approximate surface area is 92.7 Å². The smallest absolute Gasteiger partial charge is 0.0359 e. The number of nitrogens with one attached hydrogen (secondary N) is 1. The third-order valence-electron chi connectivity index (χ3n) is 3.12. The predicted octanol–water partition coefficient (Wildman–Crippen LogP) is 2.79. The molecule has 1 aromatic heterocycles. The van der Waals surface area contributed by atoms with E-state index in [0.29, 0.717) is 0 Å². The van der Waals surface area contributed by atoms with Gasteiger partial charge < -0.3 is 9.88 Å². The Morgan fingerprint density at radius 2 is 2.33 bits per heavy atom. The second kappa shape index (κ2) is 5.36. The number of rotatable bonds is 7. The van der Waals surface area contributed by atoms with E-state index in [1.807, 2.05) is 0 Å². The maximum absolute atomic E-state index is 3.54. The van der Waals surface area contributed by atoms with E-state index in [-0.39, 0.29) is 0 Å². The molecule has 1 N–H and O–H groups in total. The van der Waals surface area contributed by atoms with Crippen LogP contribution in [-0.2, 0) is 13.1 Å². The molecule has 1 aliphatic rings. The predicted molar refractivity (Wildman–Crippen MR) is 63.8 cm³/mol. The average Bonchev–Trinajstić information content (AvgIpc) is 2.96. The van der Waals surface area contributed by atoms with Gasteiger partial charge in [-0.2, -0.15) is 0 Å². The molecule has 1 fully saturated rings. The van der Waals surface area contributed by atoms with Crippen LogP contribution in [0.4, 0.5) is 0 Å². The van der Waals surface area contributed by atoms with Crippen molar-refractivity contribution >= 4 is 0 Å². The molecule has 84 valence electrons. The van der Waals surface area contributed by atoms with Gasteiger partial charge in [-0.1, -0.05) is 19.8 Å². The van der Waals surface area contributed by atoms with Gasteiger partial charge in [-0.3, -0.25) is 0 Å². The van der Waals surface area contributed by atoms with Gasteiger partial charge in [-0.25, -0.2) is 0 Å². The minimum absolute atomic E-state index is 1.03. The zero-order chi connectivity index (χ0) is 10.5. The normalized spacial score (nSPS) is 15.8. The Morgan fingerprint density at radius 3 is 3.07 bits per heavy atom. The first kappa shape index (κ1) is 10.7. The maximum Gasteiger partial charge on any atom is 0.0359 e. The molecule has 0 aliphatic heterocycles. The lowest BCUT2D eigenvalue weighted by molar-refractivity contribution is 0.574. The first-order chi connectivity index (χ1) is 7.40. The Hall–Kier alpha value is -0.760. The van der Waals surface area contributed by atoms with Crippen LogP contribution in [0.5, 0.6) is 0 Å². The zero-order valence-electron chi connectivity index (χ0n) is 9.71. The molecule has 15 heavy (non-hydrogen) atoms. The molecule has 2 rings (SSSR count). The van der Waals surface area contributed by atoms with Crippen LogP contribution in [0.1, 0.15) is 38.3 Å². The van der Waals surface area contributed by atoms with Crippen molar-refractivity contribution < 1.29 is 0 Å². The van der Waals surface area contributed by atoms with E-state index in [0.717, 1.165) is 19.0 Å². The van der Waals surface area contributed by atoms with E-state index in [1.54, 1.807) is 0 Å². The van der Waals surface area contributed by atoms with Crippen LogP contribution >= 0.6 is 0 Å². The SMILES string of the molecule is CCCn1cccc1CNCCC1CC1. The summed E-state index contributed by atoms with van der Waals surface area (Å²) in [7, 11) is 0. The summed E-state index contributed by atoms with van der Waals surface area (Å²) in [5.41, 5.74) is 1.42. The molecule has 1 aliphatic carbocycles. The molecule has 1 saturated carbocycles. The zero-order valence-corrected chi connectivity index (χ0v) is 9.71. The van der Waals surface area contributed by atoms with E-state index in [2.05, 4.69) is 35.1 Å². The topological polar surface area (TPSA) is 17.0 Å². The van der Waals surface area contributed by atoms with Gasteiger partial charge in [0.05, 0.1) is 0 Å². The van der Waals surface area contributed by atoms with Gasteiger partial charge >= 0.3 is 0 Å². The molecule has 1 aromatic rings. The minimum atomic E-state index is 1.03. The van der Waals surface area contributed by atoms with Gasteiger partial charge in [0.1, 0.15) is 0 Å². The third-order valence-corrected chi connectivity index (χ3v) is 3.12. The summed E-state index contributed by atoms with van der Waals surface area (Å²) < 4.78 is 2.35. The number of aromatic nitrogens is 1. The standard InChI is InChI=1S/C13H22N2/c1-2-9-15-10-3-4-13(15)11-14-8-7-12-5-6-12/h3-4,10,12,14H,2,5-9,11H2,1H3. The van der Waals surface area contributed by atoms with Crippen molar-refractivity contribution in [3.8, 4) is 0 Å². The van der Waals surface area contributed by atoms with Crippen LogP contribution < -0.4 is 5.32 Å². The summed E-state index contributed by atoms with van der Waals surface area (Å²) in [6, 6.07) is 4.37. The van der Waals surface area contributed by atoms with Gasteiger partial charge in [0.2, 0.25) is 0 Å². The maximum atomic E-state index is 3.54. The number of aryl methyl sites for hydroxylation is 1. The molecule has 0 radical (unpaired) electrons. The molecule has 0 unspecified atom stereocenters. The average molecular weight is 206 g/mol. The fraction of sp³-hybridized carbons (Fsp3) is 0.692. The van der Waals surface area contributed by atoms with Gasteiger partial charge in [0.15, 0.2) is 0 Å². The lowest BCUT2D eigenvalue weighted by Crippen LogP contribution is -2.17. The first-order valence-electron chi connectivity index (χ1n) is 6.25. The molecule has 0 saturated heterocycles. The lowest BCUT2D eigenvalue weighted by atomic mass is 10.3. The fourth-order valence-corrected chi connectivity index (χ4v) is 2.00. The van der Waals surface area contributed by atoms with Crippen molar-refractivity contribution in [2.45, 2.75) is 45.7 Å². The summed E-state index contributed by atoms with van der Waals surface area (Å²) in [6.45, 7) is 5.58. The second-order valence-electron chi connectivity index (χ2n) is 4.60. The van der Waals surface area contributed by atoms with E-state index in [4.69, 9.17) is 0 Å². The monoisotopic (exact) mass is 206 g/mol. The van der Waals surface area contributed by atoms with Crippen LogP contribution in [0.15, 0.2) is 18.3 Å². The first-order valence-corrected chi connectivity index (χ1v) is 6.25. The molecule has 0 aromatic carbocycles. The summed E-state index contributed by atoms with van der Waals surface area (Å²) >= 11 is 0. The molecule has 1 heterocycles. The minimum Gasteiger partial charge on any atom is -0.350 e. The quantitative estimate of drug-likeness (QED) is 0.679. The van der Waals surface area contributed by atoms with Gasteiger partial charge in [0, 0.05) is 25.0 Å². The highest BCUT2D eigenvalue weighted by atomic mass is 15.0. The number of hydrogen-bond donors (Lipinski definition) is 1. The summed E-state index contributed by atoms with van der Waals surface area (Å²) in [5, 5.41) is 3.54. The number of nitrogens with zero attached hydrogens (tertiary/aromatic N) is 1. The Bertz CT molecular complexity index is 286. The Morgan fingerprint density at radius 1 is 1.47 bits per heavy atom. The number of hydrogen-bond acceptors (Lipinski definition) is 1. The van der Waals surface area contributed by atoms with Crippen molar-refractivity contribution in [3.63, 3.8) is 0 Å². The van der Waals surface area contributed by atoms with E-state index < -0.39 is 0 Å². The summed E-state index contributed by atoms with van der Waals surface area (Å²) in [6.07, 6.45) is 7.70. The molecular weight excluding hydrogens is 184 g/mol. The highest BCUT2D eigenvalue weighted by molar-refractivity contribution is 5.06. The van der Waals surface area contributed by atoms with Crippen LogP contribution in [-0.4, -0.2) is 11.1 Å². The van der Waals surface area contributed by atoms with Crippen molar-refractivity contribution in [1.29, 1.82) is 0 Å². The molecule has 0 spiro atoms. The molecule has 2 nitrogen and oxygen atoms in total. The highest BCUT2D eigenvalue weighted by Crippen LogP contribution is 2.31. The van der Waals surface area contributed by atoms with E-state index in [1.165, 1.54) is 37.9 Å². The van der Waals surface area contributed by atoms with Crippen molar-refractivity contribution in [1.82, 2.24) is 9.88 Å². The summed E-state index contributed by atoms with van der Waals surface area (Å²) in [5.74, 6) is 1.04. The van der Waals surface area contributed by atoms with E-state index in [9.17, 15) is 0 Å².